The van der Waals surface area contributed by atoms with Gasteiger partial charge in [-0.25, -0.2) is 4.98 Å². The zero-order valence-electron chi connectivity index (χ0n) is 16.1. The lowest BCUT2D eigenvalue weighted by Crippen LogP contribution is -2.26. The molecule has 1 aliphatic rings. The first-order valence-corrected chi connectivity index (χ1v) is 9.51. The lowest BCUT2D eigenvalue weighted by atomic mass is 10.0. The molecule has 0 saturated heterocycles. The van der Waals surface area contributed by atoms with Crippen LogP contribution >= 0.6 is 23.2 Å². The number of hydrogen-bond acceptors (Lipinski definition) is 3. The van der Waals surface area contributed by atoms with Crippen molar-refractivity contribution in [3.63, 3.8) is 0 Å². The van der Waals surface area contributed by atoms with Crippen molar-refractivity contribution in [2.24, 2.45) is 7.05 Å². The van der Waals surface area contributed by atoms with E-state index in [1.165, 1.54) is 0 Å². The Morgan fingerprint density at radius 2 is 1.89 bits per heavy atom. The summed E-state index contributed by atoms with van der Waals surface area (Å²) in [5.74, 6) is 0.0137. The Balaban J connectivity index is 2.36. The summed E-state index contributed by atoms with van der Waals surface area (Å²) in [5.41, 5.74) is 3.60. The second kappa shape index (κ2) is 9.73. The van der Waals surface area contributed by atoms with Gasteiger partial charge in [-0.2, -0.15) is 0 Å². The van der Waals surface area contributed by atoms with Crippen LogP contribution in [0.15, 0.2) is 70.9 Å². The predicted molar refractivity (Wildman–Crippen MR) is 116 cm³/mol. The summed E-state index contributed by atoms with van der Waals surface area (Å²) in [6.07, 6.45) is 7.41. The van der Waals surface area contributed by atoms with Gasteiger partial charge in [0.2, 0.25) is 0 Å². The molecule has 1 aromatic rings. The first kappa shape index (κ1) is 22.0. The number of hydrogen-bond donors (Lipinski definition) is 2. The zero-order valence-corrected chi connectivity index (χ0v) is 17.6. The van der Waals surface area contributed by atoms with Crippen LogP contribution in [0.2, 0.25) is 0 Å². The van der Waals surface area contributed by atoms with Gasteiger partial charge in [0.15, 0.2) is 5.82 Å². The number of nitrogens with one attached hydrogen (secondary N) is 2. The molecule has 0 radical (unpaired) electrons. The fraction of sp³-hybridized carbons (Fsp3) is 0.238. The molecule has 2 rings (SSSR count). The fourth-order valence-electron chi connectivity index (χ4n) is 2.99. The van der Waals surface area contributed by atoms with Crippen LogP contribution in [0.25, 0.3) is 0 Å². The fourth-order valence-corrected chi connectivity index (χ4v) is 3.36. The van der Waals surface area contributed by atoms with E-state index >= 15 is 0 Å². The maximum Gasteiger partial charge on any atom is 0.291 e. The van der Waals surface area contributed by atoms with Crippen molar-refractivity contribution in [3.8, 4) is 0 Å². The zero-order chi connectivity index (χ0) is 20.8. The van der Waals surface area contributed by atoms with Gasteiger partial charge >= 0.3 is 0 Å². The van der Waals surface area contributed by atoms with Gasteiger partial charge in [0.25, 0.3) is 5.91 Å². The van der Waals surface area contributed by atoms with E-state index in [-0.39, 0.29) is 5.91 Å². The number of aromatic nitrogens is 2. The van der Waals surface area contributed by atoms with Gasteiger partial charge in [-0.15, -0.1) is 0 Å². The summed E-state index contributed by atoms with van der Waals surface area (Å²) >= 11 is 12.7. The van der Waals surface area contributed by atoms with E-state index in [4.69, 9.17) is 23.2 Å². The van der Waals surface area contributed by atoms with Crippen molar-refractivity contribution in [1.82, 2.24) is 20.2 Å². The van der Waals surface area contributed by atoms with Gasteiger partial charge in [-0.3, -0.25) is 4.79 Å². The molecule has 7 heteroatoms. The van der Waals surface area contributed by atoms with Gasteiger partial charge in [-0.05, 0) is 6.92 Å². The van der Waals surface area contributed by atoms with E-state index in [9.17, 15) is 4.79 Å². The van der Waals surface area contributed by atoms with Gasteiger partial charge < -0.3 is 15.2 Å². The summed E-state index contributed by atoms with van der Waals surface area (Å²) in [5, 5.41) is 6.70. The third kappa shape index (κ3) is 4.73. The predicted octanol–water partition coefficient (Wildman–Crippen LogP) is 4.24. The minimum absolute atomic E-state index is 0.301. The van der Waals surface area contributed by atoms with E-state index in [1.807, 2.05) is 11.6 Å². The number of imidazole rings is 1. The number of carbonyl (C=O) groups is 1. The topological polar surface area (TPSA) is 59.0 Å². The van der Waals surface area contributed by atoms with Gasteiger partial charge in [0.05, 0.1) is 10.7 Å². The van der Waals surface area contributed by atoms with Crippen LogP contribution in [-0.4, -0.2) is 22.0 Å². The minimum atomic E-state index is -0.329. The largest absolute Gasteiger partial charge is 0.327 e. The smallest absolute Gasteiger partial charge is 0.291 e. The second-order valence-corrected chi connectivity index (χ2v) is 7.08. The maximum absolute atomic E-state index is 12.8. The highest BCUT2D eigenvalue weighted by Crippen LogP contribution is 2.31. The first-order chi connectivity index (χ1) is 13.3. The normalized spacial score (nSPS) is 15.4. The van der Waals surface area contributed by atoms with Gasteiger partial charge in [-0.1, -0.05) is 67.2 Å². The van der Waals surface area contributed by atoms with Crippen LogP contribution < -0.4 is 10.6 Å². The Morgan fingerprint density at radius 1 is 1.25 bits per heavy atom. The molecule has 28 heavy (non-hydrogen) atoms. The van der Waals surface area contributed by atoms with Crippen LogP contribution in [0.5, 0.6) is 0 Å². The Hall–Kier alpha value is -2.34. The minimum Gasteiger partial charge on any atom is -0.327 e. The standard InChI is InChI=1S/C21H24Cl2N4O/c1-6-8-15(13(3)22)16(9-7-2)19(23)14(4)25-21(28)20-26-17-12-24-11-10-18(17)27(20)5/h6-9,24H,1-3,10-12H2,4-5H3,(H,25,28)/b15-8-,16-9-,19-14-. The highest BCUT2D eigenvalue weighted by Gasteiger charge is 2.22. The Bertz CT molecular complexity index is 919. The molecule has 0 fully saturated rings. The third-order valence-electron chi connectivity index (χ3n) is 4.35. The summed E-state index contributed by atoms with van der Waals surface area (Å²) in [6.45, 7) is 14.4. The first-order valence-electron chi connectivity index (χ1n) is 8.75. The number of carbonyl (C=O) groups excluding carboxylic acids is 1. The number of amides is 1. The van der Waals surface area contributed by atoms with Crippen molar-refractivity contribution in [1.29, 1.82) is 0 Å². The van der Waals surface area contributed by atoms with Crippen molar-refractivity contribution in [3.05, 3.63) is 88.2 Å². The van der Waals surface area contributed by atoms with Crippen LogP contribution in [0.4, 0.5) is 0 Å². The summed E-state index contributed by atoms with van der Waals surface area (Å²) < 4.78 is 1.83. The van der Waals surface area contributed by atoms with Gasteiger partial charge in [0.1, 0.15) is 0 Å². The SMILES string of the molecule is C=C/C=C(C(\Cl)=C(/C)NC(=O)c1nc2c(n1C)CCNC2)/C(=C\C=C)C(=C)Cl. The summed E-state index contributed by atoms with van der Waals surface area (Å²) in [7, 11) is 1.85. The Morgan fingerprint density at radius 3 is 2.46 bits per heavy atom. The third-order valence-corrected chi connectivity index (χ3v) is 5.04. The molecule has 0 atom stereocenters. The summed E-state index contributed by atoms with van der Waals surface area (Å²) in [6, 6.07) is 0. The van der Waals surface area contributed by atoms with E-state index < -0.39 is 0 Å². The molecule has 1 aromatic heterocycles. The van der Waals surface area contributed by atoms with Crippen LogP contribution in [0.1, 0.15) is 28.9 Å². The molecule has 148 valence electrons. The monoisotopic (exact) mass is 418 g/mol. The van der Waals surface area contributed by atoms with Crippen molar-refractivity contribution >= 4 is 29.1 Å². The Labute approximate surface area is 175 Å². The van der Waals surface area contributed by atoms with Crippen LogP contribution in [0, 0.1) is 0 Å². The van der Waals surface area contributed by atoms with Crippen molar-refractivity contribution in [2.75, 3.05) is 6.54 Å². The number of fused-ring (bicyclic) bond motifs is 1. The van der Waals surface area contributed by atoms with E-state index in [1.54, 1.807) is 31.2 Å². The quantitative estimate of drug-likeness (QED) is 0.650. The average Bonchev–Trinajstić information content (AvgIpc) is 3.01. The Kier molecular flexibility index (Phi) is 7.63. The molecule has 1 amide bonds. The maximum atomic E-state index is 12.8. The lowest BCUT2D eigenvalue weighted by Gasteiger charge is -2.14. The van der Waals surface area contributed by atoms with Gasteiger partial charge in [0, 0.05) is 54.1 Å². The van der Waals surface area contributed by atoms with E-state index in [0.717, 1.165) is 24.4 Å². The second-order valence-electron chi connectivity index (χ2n) is 6.24. The van der Waals surface area contributed by atoms with Crippen LogP contribution in [0.3, 0.4) is 0 Å². The molecule has 5 nitrogen and oxygen atoms in total. The van der Waals surface area contributed by atoms with Crippen LogP contribution in [-0.2, 0) is 20.0 Å². The average molecular weight is 419 g/mol. The highest BCUT2D eigenvalue weighted by atomic mass is 35.5. The van der Waals surface area contributed by atoms with Crippen molar-refractivity contribution < 1.29 is 4.79 Å². The molecule has 0 spiro atoms. The number of allylic oxidation sites excluding steroid dienone is 9. The molecule has 2 heterocycles. The lowest BCUT2D eigenvalue weighted by molar-refractivity contribution is 0.0952. The number of rotatable bonds is 7. The molecule has 0 unspecified atom stereocenters. The molecule has 2 N–H and O–H groups in total. The molecular formula is C21H24Cl2N4O. The molecule has 0 saturated carbocycles. The molecule has 0 aromatic carbocycles. The molecule has 0 bridgehead atoms. The summed E-state index contributed by atoms with van der Waals surface area (Å²) in [4.78, 5) is 17.3. The van der Waals surface area contributed by atoms with Crippen molar-refractivity contribution in [2.45, 2.75) is 19.9 Å². The highest BCUT2D eigenvalue weighted by molar-refractivity contribution is 6.35. The molecule has 1 aliphatic heterocycles. The number of nitrogens with zero attached hydrogens (tertiary/aromatic N) is 2. The molecule has 0 aliphatic carbocycles. The molecular weight excluding hydrogens is 395 g/mol. The number of halogens is 2. The van der Waals surface area contributed by atoms with E-state index in [2.05, 4.69) is 35.4 Å². The van der Waals surface area contributed by atoms with E-state index in [0.29, 0.717) is 39.3 Å².